The monoisotopic (exact) mass is 400 g/mol. The van der Waals surface area contributed by atoms with Crippen LogP contribution in [0.15, 0.2) is 48.5 Å². The number of esters is 1. The van der Waals surface area contributed by atoms with Gasteiger partial charge in [-0.15, -0.1) is 0 Å². The van der Waals surface area contributed by atoms with Gasteiger partial charge in [-0.25, -0.2) is 0 Å². The van der Waals surface area contributed by atoms with Crippen LogP contribution in [0.4, 0.5) is 0 Å². The molecule has 29 heavy (non-hydrogen) atoms. The summed E-state index contributed by atoms with van der Waals surface area (Å²) in [5.74, 6) is -0.347. The van der Waals surface area contributed by atoms with E-state index in [0.717, 1.165) is 11.3 Å². The van der Waals surface area contributed by atoms with Gasteiger partial charge in [-0.2, -0.15) is 0 Å². The molecular formula is C21H24N2O6. The first kappa shape index (κ1) is 21.7. The lowest BCUT2D eigenvalue weighted by Crippen LogP contribution is -2.38. The molecule has 0 saturated heterocycles. The summed E-state index contributed by atoms with van der Waals surface area (Å²) in [7, 11) is 3.07. The Labute approximate surface area is 169 Å². The number of rotatable bonds is 9. The molecule has 0 heterocycles. The van der Waals surface area contributed by atoms with Crippen molar-refractivity contribution in [2.24, 2.45) is 0 Å². The summed E-state index contributed by atoms with van der Waals surface area (Å²) in [6, 6.07) is 13.7. The molecule has 0 saturated carbocycles. The molecule has 8 nitrogen and oxygen atoms in total. The summed E-state index contributed by atoms with van der Waals surface area (Å²) < 4.78 is 15.2. The molecule has 0 bridgehead atoms. The molecule has 0 radical (unpaired) electrons. The Morgan fingerprint density at radius 3 is 2.28 bits per heavy atom. The first-order valence-electron chi connectivity index (χ1n) is 8.95. The molecule has 0 aliphatic rings. The number of ether oxygens (including phenoxy) is 3. The number of carbonyl (C=O) groups excluding carboxylic acids is 3. The van der Waals surface area contributed by atoms with Gasteiger partial charge in [-0.1, -0.05) is 18.2 Å². The van der Waals surface area contributed by atoms with Crippen LogP contribution in [0.5, 0.6) is 11.5 Å². The summed E-state index contributed by atoms with van der Waals surface area (Å²) in [4.78, 5) is 36.1. The van der Waals surface area contributed by atoms with Crippen molar-refractivity contribution < 1.29 is 28.6 Å². The van der Waals surface area contributed by atoms with Crippen molar-refractivity contribution in [2.75, 3.05) is 20.8 Å². The molecule has 2 aromatic carbocycles. The average molecular weight is 400 g/mol. The number of amides is 2. The van der Waals surface area contributed by atoms with Crippen LogP contribution in [0.3, 0.4) is 0 Å². The first-order valence-corrected chi connectivity index (χ1v) is 8.95. The minimum Gasteiger partial charge on any atom is -0.497 e. The highest BCUT2D eigenvalue weighted by Gasteiger charge is 2.18. The van der Waals surface area contributed by atoms with Gasteiger partial charge in [0, 0.05) is 12.1 Å². The predicted octanol–water partition coefficient (Wildman–Crippen LogP) is 1.68. The van der Waals surface area contributed by atoms with Crippen LogP contribution in [0, 0.1) is 0 Å². The zero-order valence-corrected chi connectivity index (χ0v) is 16.6. The van der Waals surface area contributed by atoms with Crippen LogP contribution in [0.25, 0.3) is 0 Å². The van der Waals surface area contributed by atoms with Crippen molar-refractivity contribution in [3.05, 3.63) is 59.7 Å². The SMILES string of the molecule is COc1ccc(CNC(=O)[C@@H](C)OC(=O)CNC(=O)c2cccc(OC)c2)cc1. The predicted molar refractivity (Wildman–Crippen MR) is 106 cm³/mol. The molecule has 2 N–H and O–H groups in total. The van der Waals surface area contributed by atoms with Gasteiger partial charge >= 0.3 is 5.97 Å². The highest BCUT2D eigenvalue weighted by atomic mass is 16.5. The molecule has 0 aliphatic carbocycles. The van der Waals surface area contributed by atoms with Crippen LogP contribution in [-0.4, -0.2) is 44.7 Å². The Morgan fingerprint density at radius 1 is 0.931 bits per heavy atom. The fourth-order valence-electron chi connectivity index (χ4n) is 2.39. The largest absolute Gasteiger partial charge is 0.497 e. The van der Waals surface area contributed by atoms with Crippen LogP contribution < -0.4 is 20.1 Å². The van der Waals surface area contributed by atoms with Crippen LogP contribution in [0.1, 0.15) is 22.8 Å². The number of benzene rings is 2. The van der Waals surface area contributed by atoms with Gasteiger partial charge in [0.1, 0.15) is 18.0 Å². The molecule has 8 heteroatoms. The van der Waals surface area contributed by atoms with E-state index in [1.165, 1.54) is 14.0 Å². The van der Waals surface area contributed by atoms with Gasteiger partial charge in [0.25, 0.3) is 11.8 Å². The lowest BCUT2D eigenvalue weighted by atomic mass is 10.2. The van der Waals surface area contributed by atoms with Crippen LogP contribution >= 0.6 is 0 Å². The zero-order chi connectivity index (χ0) is 21.2. The van der Waals surface area contributed by atoms with Crippen molar-refractivity contribution in [2.45, 2.75) is 19.6 Å². The quantitative estimate of drug-likeness (QED) is 0.621. The van der Waals surface area contributed by atoms with E-state index in [1.807, 2.05) is 12.1 Å². The van der Waals surface area contributed by atoms with E-state index in [0.29, 0.717) is 11.3 Å². The fourth-order valence-corrected chi connectivity index (χ4v) is 2.39. The Bertz CT molecular complexity index is 851. The molecular weight excluding hydrogens is 376 g/mol. The molecule has 154 valence electrons. The highest BCUT2D eigenvalue weighted by molar-refractivity contribution is 5.96. The minimum atomic E-state index is -0.991. The third-order valence-electron chi connectivity index (χ3n) is 4.03. The van der Waals surface area contributed by atoms with Crippen molar-refractivity contribution in [3.63, 3.8) is 0 Å². The summed E-state index contributed by atoms with van der Waals surface area (Å²) in [6.07, 6.45) is -0.991. The summed E-state index contributed by atoms with van der Waals surface area (Å²) in [5, 5.41) is 5.14. The number of carbonyl (C=O) groups is 3. The Morgan fingerprint density at radius 2 is 1.62 bits per heavy atom. The average Bonchev–Trinajstić information content (AvgIpc) is 2.76. The number of hydrogen-bond acceptors (Lipinski definition) is 6. The lowest BCUT2D eigenvalue weighted by Gasteiger charge is -2.14. The second kappa shape index (κ2) is 10.7. The standard InChI is InChI=1S/C21H24N2O6/c1-14(20(25)22-12-15-7-9-17(27-2)10-8-15)29-19(24)13-23-21(26)16-5-4-6-18(11-16)28-3/h4-11,14H,12-13H2,1-3H3,(H,22,25)(H,23,26)/t14-/m1/s1. The van der Waals surface area contributed by atoms with Crippen molar-refractivity contribution in [1.29, 1.82) is 0 Å². The minimum absolute atomic E-state index is 0.289. The van der Waals surface area contributed by atoms with E-state index in [2.05, 4.69) is 10.6 Å². The summed E-state index contributed by atoms with van der Waals surface area (Å²) in [5.41, 5.74) is 1.23. The van der Waals surface area contributed by atoms with Gasteiger partial charge in [0.05, 0.1) is 14.2 Å². The lowest BCUT2D eigenvalue weighted by molar-refractivity contribution is -0.153. The second-order valence-corrected chi connectivity index (χ2v) is 6.11. The van der Waals surface area contributed by atoms with E-state index < -0.39 is 23.9 Å². The van der Waals surface area contributed by atoms with E-state index >= 15 is 0 Å². The topological polar surface area (TPSA) is 103 Å². The fraction of sp³-hybridized carbons (Fsp3) is 0.286. The third kappa shape index (κ3) is 6.84. The third-order valence-corrected chi connectivity index (χ3v) is 4.03. The maximum atomic E-state index is 12.1. The van der Waals surface area contributed by atoms with E-state index in [4.69, 9.17) is 14.2 Å². The maximum Gasteiger partial charge on any atom is 0.326 e. The van der Waals surface area contributed by atoms with Crippen molar-refractivity contribution in [3.8, 4) is 11.5 Å². The maximum absolute atomic E-state index is 12.1. The molecule has 2 rings (SSSR count). The smallest absolute Gasteiger partial charge is 0.326 e. The summed E-state index contributed by atoms with van der Waals surface area (Å²) in [6.45, 7) is 1.40. The Kier molecular flexibility index (Phi) is 8.02. The van der Waals surface area contributed by atoms with Gasteiger partial charge < -0.3 is 24.8 Å². The molecule has 2 amide bonds. The molecule has 0 aromatic heterocycles. The highest BCUT2D eigenvalue weighted by Crippen LogP contribution is 2.12. The number of nitrogens with one attached hydrogen (secondary N) is 2. The van der Waals surface area contributed by atoms with Crippen LogP contribution in [-0.2, 0) is 20.9 Å². The molecule has 0 spiro atoms. The molecule has 0 fully saturated rings. The Balaban J connectivity index is 1.75. The second-order valence-electron chi connectivity index (χ2n) is 6.11. The molecule has 0 unspecified atom stereocenters. The van der Waals surface area contributed by atoms with Crippen molar-refractivity contribution in [1.82, 2.24) is 10.6 Å². The van der Waals surface area contributed by atoms with Gasteiger partial charge in [0.15, 0.2) is 6.10 Å². The van der Waals surface area contributed by atoms with Gasteiger partial charge in [0.2, 0.25) is 0 Å². The zero-order valence-electron chi connectivity index (χ0n) is 16.6. The summed E-state index contributed by atoms with van der Waals surface area (Å²) >= 11 is 0. The van der Waals surface area contributed by atoms with Crippen LogP contribution in [0.2, 0.25) is 0 Å². The first-order chi connectivity index (χ1) is 13.9. The number of methoxy groups -OCH3 is 2. The van der Waals surface area contributed by atoms with E-state index in [-0.39, 0.29) is 13.1 Å². The number of hydrogen-bond donors (Lipinski definition) is 2. The van der Waals surface area contributed by atoms with Gasteiger partial charge in [-0.3, -0.25) is 14.4 Å². The Hall–Kier alpha value is -3.55. The van der Waals surface area contributed by atoms with E-state index in [1.54, 1.807) is 43.5 Å². The normalized spacial score (nSPS) is 11.1. The van der Waals surface area contributed by atoms with Crippen molar-refractivity contribution >= 4 is 17.8 Å². The van der Waals surface area contributed by atoms with E-state index in [9.17, 15) is 14.4 Å². The molecule has 1 atom stereocenters. The molecule has 2 aromatic rings. The van der Waals surface area contributed by atoms with Gasteiger partial charge in [-0.05, 0) is 42.8 Å². The molecule has 0 aliphatic heterocycles.